The minimum Gasteiger partial charge on any atom is -0.381 e. The van der Waals surface area contributed by atoms with Crippen LogP contribution in [0.4, 0.5) is 8.78 Å². The van der Waals surface area contributed by atoms with Gasteiger partial charge < -0.3 is 10.1 Å². The highest BCUT2D eigenvalue weighted by molar-refractivity contribution is 5.29. The van der Waals surface area contributed by atoms with Crippen molar-refractivity contribution in [1.29, 1.82) is 0 Å². The van der Waals surface area contributed by atoms with E-state index < -0.39 is 11.6 Å². The Hall–Kier alpha value is -1.00. The Morgan fingerprint density at radius 1 is 1.41 bits per heavy atom. The first-order valence-corrected chi connectivity index (χ1v) is 5.84. The Bertz CT molecular complexity index is 403. The van der Waals surface area contributed by atoms with E-state index in [4.69, 9.17) is 4.74 Å². The van der Waals surface area contributed by atoms with Gasteiger partial charge in [-0.25, -0.2) is 8.78 Å². The second kappa shape index (κ2) is 5.10. The fourth-order valence-electron chi connectivity index (χ4n) is 2.39. The molecule has 1 aliphatic heterocycles. The molecule has 1 N–H and O–H groups in total. The second-order valence-corrected chi connectivity index (χ2v) is 4.48. The monoisotopic (exact) mass is 241 g/mol. The third-order valence-electron chi connectivity index (χ3n) is 3.38. The molecule has 94 valence electrons. The normalized spacial score (nSPS) is 21.8. The zero-order valence-electron chi connectivity index (χ0n) is 10.1. The summed E-state index contributed by atoms with van der Waals surface area (Å²) in [6.07, 6.45) is 0.832. The van der Waals surface area contributed by atoms with Gasteiger partial charge in [0.15, 0.2) is 0 Å². The Morgan fingerprint density at radius 3 is 2.76 bits per heavy atom. The summed E-state index contributed by atoms with van der Waals surface area (Å²) in [7, 11) is 1.73. The van der Waals surface area contributed by atoms with E-state index in [2.05, 4.69) is 5.32 Å². The van der Waals surface area contributed by atoms with Gasteiger partial charge in [-0.2, -0.15) is 0 Å². The molecule has 4 heteroatoms. The van der Waals surface area contributed by atoms with Gasteiger partial charge in [-0.1, -0.05) is 6.07 Å². The third-order valence-corrected chi connectivity index (χ3v) is 3.38. The van der Waals surface area contributed by atoms with Crippen molar-refractivity contribution in [2.75, 3.05) is 20.3 Å². The number of ether oxygens (including phenoxy) is 1. The lowest BCUT2D eigenvalue weighted by atomic mass is 9.90. The molecule has 1 aromatic carbocycles. The first-order chi connectivity index (χ1) is 8.15. The lowest BCUT2D eigenvalue weighted by molar-refractivity contribution is 0.176. The second-order valence-electron chi connectivity index (χ2n) is 4.48. The van der Waals surface area contributed by atoms with Crippen LogP contribution >= 0.6 is 0 Å². The highest BCUT2D eigenvalue weighted by atomic mass is 19.1. The SMILES string of the molecule is CNC(c1c(F)ccc(C)c1F)C1CCOC1. The van der Waals surface area contributed by atoms with Gasteiger partial charge in [0, 0.05) is 24.1 Å². The molecule has 1 fully saturated rings. The molecule has 0 radical (unpaired) electrons. The van der Waals surface area contributed by atoms with Crippen LogP contribution in [-0.2, 0) is 4.74 Å². The van der Waals surface area contributed by atoms with E-state index in [1.54, 1.807) is 14.0 Å². The zero-order valence-corrected chi connectivity index (χ0v) is 10.1. The summed E-state index contributed by atoms with van der Waals surface area (Å²) in [4.78, 5) is 0. The first-order valence-electron chi connectivity index (χ1n) is 5.84. The van der Waals surface area contributed by atoms with Crippen molar-refractivity contribution >= 4 is 0 Å². The largest absolute Gasteiger partial charge is 0.381 e. The van der Waals surface area contributed by atoms with E-state index in [0.717, 1.165) is 6.42 Å². The average molecular weight is 241 g/mol. The maximum atomic E-state index is 14.0. The number of hydrogen-bond donors (Lipinski definition) is 1. The molecule has 0 spiro atoms. The fraction of sp³-hybridized carbons (Fsp3) is 0.538. The van der Waals surface area contributed by atoms with Crippen molar-refractivity contribution in [3.05, 3.63) is 34.9 Å². The van der Waals surface area contributed by atoms with Gasteiger partial charge in [0.2, 0.25) is 0 Å². The quantitative estimate of drug-likeness (QED) is 0.878. The molecular weight excluding hydrogens is 224 g/mol. The third kappa shape index (κ3) is 2.33. The Morgan fingerprint density at radius 2 is 2.18 bits per heavy atom. The van der Waals surface area contributed by atoms with Crippen molar-refractivity contribution in [3.8, 4) is 0 Å². The molecule has 2 rings (SSSR count). The van der Waals surface area contributed by atoms with E-state index in [1.165, 1.54) is 12.1 Å². The van der Waals surface area contributed by atoms with Crippen LogP contribution in [0.2, 0.25) is 0 Å². The van der Waals surface area contributed by atoms with E-state index in [0.29, 0.717) is 18.8 Å². The molecule has 2 unspecified atom stereocenters. The topological polar surface area (TPSA) is 21.3 Å². The summed E-state index contributed by atoms with van der Waals surface area (Å²) in [5.74, 6) is -0.804. The highest BCUT2D eigenvalue weighted by Crippen LogP contribution is 2.32. The standard InChI is InChI=1S/C13H17F2NO/c1-8-3-4-10(14)11(12(8)15)13(16-2)9-5-6-17-7-9/h3-4,9,13,16H,5-7H2,1-2H3. The Balaban J connectivity index is 2.39. The molecule has 1 aromatic rings. The van der Waals surface area contributed by atoms with Gasteiger partial charge in [-0.3, -0.25) is 0 Å². The summed E-state index contributed by atoms with van der Waals surface area (Å²) in [6.45, 7) is 2.87. The van der Waals surface area contributed by atoms with Gasteiger partial charge in [-0.15, -0.1) is 0 Å². The predicted molar refractivity (Wildman–Crippen MR) is 61.8 cm³/mol. The first kappa shape index (κ1) is 12.5. The molecule has 1 saturated heterocycles. The van der Waals surface area contributed by atoms with Crippen molar-refractivity contribution < 1.29 is 13.5 Å². The molecule has 1 aliphatic rings. The minimum atomic E-state index is -0.487. The van der Waals surface area contributed by atoms with Crippen LogP contribution in [0, 0.1) is 24.5 Å². The molecular formula is C13H17F2NO. The number of rotatable bonds is 3. The Kier molecular flexibility index (Phi) is 3.74. The summed E-state index contributed by atoms with van der Waals surface area (Å²) in [5.41, 5.74) is 0.614. The Labute approximate surface area is 100.0 Å². The number of halogens is 2. The smallest absolute Gasteiger partial charge is 0.133 e. The van der Waals surface area contributed by atoms with Crippen molar-refractivity contribution in [2.24, 2.45) is 5.92 Å². The van der Waals surface area contributed by atoms with Crippen LogP contribution in [0.5, 0.6) is 0 Å². The van der Waals surface area contributed by atoms with Crippen LogP contribution in [0.3, 0.4) is 0 Å². The van der Waals surface area contributed by atoms with Gasteiger partial charge in [0.05, 0.1) is 6.61 Å². The molecule has 2 atom stereocenters. The van der Waals surface area contributed by atoms with Crippen molar-refractivity contribution in [2.45, 2.75) is 19.4 Å². The van der Waals surface area contributed by atoms with Gasteiger partial charge in [0.1, 0.15) is 11.6 Å². The van der Waals surface area contributed by atoms with Gasteiger partial charge in [-0.05, 0) is 32.0 Å². The molecule has 2 nitrogen and oxygen atoms in total. The maximum absolute atomic E-state index is 14.0. The summed E-state index contributed by atoms with van der Waals surface area (Å²) in [5, 5.41) is 3.01. The van der Waals surface area contributed by atoms with E-state index in [-0.39, 0.29) is 17.5 Å². The fourth-order valence-corrected chi connectivity index (χ4v) is 2.39. The minimum absolute atomic E-state index is 0.130. The molecule has 1 heterocycles. The predicted octanol–water partition coefficient (Wildman–Crippen LogP) is 2.57. The number of benzene rings is 1. The van der Waals surface area contributed by atoms with E-state index in [9.17, 15) is 8.78 Å². The number of nitrogens with one attached hydrogen (secondary N) is 1. The molecule has 0 aliphatic carbocycles. The molecule has 17 heavy (non-hydrogen) atoms. The van der Waals surface area contributed by atoms with Crippen molar-refractivity contribution in [3.63, 3.8) is 0 Å². The van der Waals surface area contributed by atoms with Crippen LogP contribution in [0.25, 0.3) is 0 Å². The maximum Gasteiger partial charge on any atom is 0.133 e. The molecule has 0 bridgehead atoms. The lowest BCUT2D eigenvalue weighted by Crippen LogP contribution is -2.27. The summed E-state index contributed by atoms with van der Waals surface area (Å²) < 4.78 is 33.1. The van der Waals surface area contributed by atoms with Crippen LogP contribution < -0.4 is 5.32 Å². The highest BCUT2D eigenvalue weighted by Gasteiger charge is 2.30. The van der Waals surface area contributed by atoms with E-state index in [1.807, 2.05) is 0 Å². The zero-order chi connectivity index (χ0) is 12.4. The van der Waals surface area contributed by atoms with E-state index >= 15 is 0 Å². The summed E-state index contributed by atoms with van der Waals surface area (Å²) in [6, 6.07) is 2.47. The summed E-state index contributed by atoms with van der Waals surface area (Å²) >= 11 is 0. The van der Waals surface area contributed by atoms with Crippen LogP contribution in [0.15, 0.2) is 12.1 Å². The van der Waals surface area contributed by atoms with Crippen LogP contribution in [0.1, 0.15) is 23.6 Å². The average Bonchev–Trinajstić information content (AvgIpc) is 2.83. The van der Waals surface area contributed by atoms with Gasteiger partial charge in [0.25, 0.3) is 0 Å². The lowest BCUT2D eigenvalue weighted by Gasteiger charge is -2.23. The number of hydrogen-bond acceptors (Lipinski definition) is 2. The molecule has 0 amide bonds. The van der Waals surface area contributed by atoms with Gasteiger partial charge >= 0.3 is 0 Å². The number of aryl methyl sites for hydroxylation is 1. The molecule has 0 aromatic heterocycles. The van der Waals surface area contributed by atoms with Crippen molar-refractivity contribution in [1.82, 2.24) is 5.32 Å². The molecule has 0 saturated carbocycles. The van der Waals surface area contributed by atoms with Crippen LogP contribution in [-0.4, -0.2) is 20.3 Å².